The predicted octanol–water partition coefficient (Wildman–Crippen LogP) is 5.22. The van der Waals surface area contributed by atoms with Crippen LogP contribution in [-0.4, -0.2) is 75.6 Å². The SMILES string of the molecule is C=CC(=O)N1CCN(c2nc(=O)n3c4nc(c(F)cc24)-c2c(F)cccc2OCCCCC2=C3C(C(C)C)N(C)C=C2)[C@@H](C)C1. The van der Waals surface area contributed by atoms with Crippen molar-refractivity contribution >= 4 is 28.5 Å². The third kappa shape index (κ3) is 5.38. The molecule has 1 aromatic carbocycles. The number of pyridine rings is 1. The van der Waals surface area contributed by atoms with Gasteiger partial charge >= 0.3 is 5.69 Å². The van der Waals surface area contributed by atoms with Gasteiger partial charge in [0.25, 0.3) is 0 Å². The van der Waals surface area contributed by atoms with Crippen molar-refractivity contribution in [1.82, 2.24) is 24.3 Å². The number of halogens is 2. The molecule has 5 heterocycles. The van der Waals surface area contributed by atoms with Crippen molar-refractivity contribution < 1.29 is 18.3 Å². The molecule has 1 unspecified atom stereocenters. The number of ether oxygens (including phenoxy) is 1. The van der Waals surface area contributed by atoms with E-state index in [4.69, 9.17) is 9.72 Å². The van der Waals surface area contributed by atoms with Crippen LogP contribution in [0.4, 0.5) is 14.6 Å². The van der Waals surface area contributed by atoms with Crippen molar-refractivity contribution in [3.05, 3.63) is 76.9 Å². The Hall–Kier alpha value is -4.54. The lowest BCUT2D eigenvalue weighted by Gasteiger charge is -2.41. The molecule has 0 spiro atoms. The van der Waals surface area contributed by atoms with Gasteiger partial charge in [0, 0.05) is 32.7 Å². The van der Waals surface area contributed by atoms with Crippen LogP contribution >= 0.6 is 0 Å². The van der Waals surface area contributed by atoms with Crippen LogP contribution in [-0.2, 0) is 4.79 Å². The van der Waals surface area contributed by atoms with Crippen molar-refractivity contribution in [3.8, 4) is 17.0 Å². The van der Waals surface area contributed by atoms with Gasteiger partial charge in [0.05, 0.1) is 29.3 Å². The number of piperazine rings is 1. The average molecular weight is 617 g/mol. The van der Waals surface area contributed by atoms with Crippen molar-refractivity contribution in [1.29, 1.82) is 0 Å². The van der Waals surface area contributed by atoms with E-state index < -0.39 is 17.3 Å². The van der Waals surface area contributed by atoms with Crippen LogP contribution in [0, 0.1) is 17.6 Å². The monoisotopic (exact) mass is 616 g/mol. The molecule has 2 bridgehead atoms. The van der Waals surface area contributed by atoms with Gasteiger partial charge in [0.1, 0.15) is 23.1 Å². The van der Waals surface area contributed by atoms with Gasteiger partial charge in [-0.25, -0.2) is 23.1 Å². The number of aromatic nitrogens is 3. The van der Waals surface area contributed by atoms with Crippen LogP contribution in [0.5, 0.6) is 5.75 Å². The van der Waals surface area contributed by atoms with Gasteiger partial charge in [-0.3, -0.25) is 4.79 Å². The van der Waals surface area contributed by atoms with Crippen molar-refractivity contribution in [2.45, 2.75) is 52.1 Å². The van der Waals surface area contributed by atoms with E-state index in [1.165, 1.54) is 28.8 Å². The molecule has 1 saturated heterocycles. The number of hydrogen-bond acceptors (Lipinski definition) is 7. The molecule has 0 N–H and O–H groups in total. The molecular weight excluding hydrogens is 578 g/mol. The molecule has 0 aliphatic carbocycles. The van der Waals surface area contributed by atoms with Gasteiger partial charge in [0.2, 0.25) is 5.91 Å². The lowest BCUT2D eigenvalue weighted by Crippen LogP contribution is -2.54. The van der Waals surface area contributed by atoms with Crippen LogP contribution in [0.25, 0.3) is 28.0 Å². The Kier molecular flexibility index (Phi) is 8.20. The molecular formula is C34H38F2N6O3. The van der Waals surface area contributed by atoms with Crippen molar-refractivity contribution in [2.75, 3.05) is 38.2 Å². The van der Waals surface area contributed by atoms with E-state index in [1.807, 2.05) is 31.1 Å². The highest BCUT2D eigenvalue weighted by Crippen LogP contribution is 2.39. The van der Waals surface area contributed by atoms with E-state index in [1.54, 1.807) is 11.0 Å². The summed E-state index contributed by atoms with van der Waals surface area (Å²) in [7, 11) is 1.96. The van der Waals surface area contributed by atoms with E-state index >= 15 is 8.78 Å². The van der Waals surface area contributed by atoms with E-state index in [9.17, 15) is 9.59 Å². The zero-order valence-corrected chi connectivity index (χ0v) is 26.1. The largest absolute Gasteiger partial charge is 0.493 e. The second-order valence-electron chi connectivity index (χ2n) is 12.3. The first kappa shape index (κ1) is 30.5. The molecule has 0 saturated carbocycles. The van der Waals surface area contributed by atoms with Crippen LogP contribution in [0.2, 0.25) is 0 Å². The summed E-state index contributed by atoms with van der Waals surface area (Å²) in [4.78, 5) is 41.7. The number of benzene rings is 1. The summed E-state index contributed by atoms with van der Waals surface area (Å²) in [5.41, 5.74) is 1.00. The molecule has 0 radical (unpaired) electrons. The fourth-order valence-corrected chi connectivity index (χ4v) is 6.81. The number of anilines is 1. The zero-order valence-electron chi connectivity index (χ0n) is 26.1. The van der Waals surface area contributed by atoms with Crippen LogP contribution in [0.1, 0.15) is 40.0 Å². The maximum absolute atomic E-state index is 16.3. The van der Waals surface area contributed by atoms with Crippen LogP contribution < -0.4 is 15.3 Å². The molecule has 2 atom stereocenters. The number of amides is 1. The Bertz CT molecular complexity index is 1800. The van der Waals surface area contributed by atoms with Gasteiger partial charge in [-0.15, -0.1) is 0 Å². The molecule has 3 aromatic rings. The maximum Gasteiger partial charge on any atom is 0.355 e. The normalized spacial score (nSPS) is 20.4. The van der Waals surface area contributed by atoms with E-state index in [0.717, 1.165) is 17.7 Å². The topological polar surface area (TPSA) is 83.8 Å². The number of carbonyl (C=O) groups is 1. The summed E-state index contributed by atoms with van der Waals surface area (Å²) in [5, 5.41) is 0.325. The molecule has 1 amide bonds. The standard InChI is InChI=1S/C34H38F2N6O3/c1-6-27(43)40-15-16-41(21(4)19-40)32-23-18-25(36)29-28-24(35)11-9-12-26(28)45-17-8-7-10-22-13-14-39(5)30(20(2)3)31(22)42(33(23)37-29)34(44)38-32/h6,9,11-14,18,20-21,30H,1,7-8,10,15-17,19H2,2-5H3/t21-,30?/m0/s1. The molecule has 11 heteroatoms. The second kappa shape index (κ2) is 12.1. The third-order valence-electron chi connectivity index (χ3n) is 8.93. The second-order valence-corrected chi connectivity index (χ2v) is 12.3. The third-order valence-corrected chi connectivity index (χ3v) is 8.93. The molecule has 3 aliphatic rings. The molecule has 2 aromatic heterocycles. The molecule has 3 aliphatic heterocycles. The number of nitrogens with zero attached hydrogens (tertiary/aromatic N) is 6. The Morgan fingerprint density at radius 2 is 1.96 bits per heavy atom. The number of carbonyl (C=O) groups excluding carboxylic acids is 1. The van der Waals surface area contributed by atoms with Gasteiger partial charge in [0.15, 0.2) is 11.5 Å². The number of fused-ring (bicyclic) bond motifs is 4. The quantitative estimate of drug-likeness (QED) is 0.374. The number of hydrogen-bond donors (Lipinski definition) is 0. The van der Waals surface area contributed by atoms with E-state index in [2.05, 4.69) is 30.3 Å². The van der Waals surface area contributed by atoms with Crippen molar-refractivity contribution in [3.63, 3.8) is 0 Å². The predicted molar refractivity (Wildman–Crippen MR) is 171 cm³/mol. The average Bonchev–Trinajstić information content (AvgIpc) is 3.01. The summed E-state index contributed by atoms with van der Waals surface area (Å²) >= 11 is 0. The molecule has 1 fully saturated rings. The van der Waals surface area contributed by atoms with Gasteiger partial charge in [-0.2, -0.15) is 4.98 Å². The minimum absolute atomic E-state index is 0.0892. The Labute approximate surface area is 261 Å². The minimum atomic E-state index is -0.760. The highest BCUT2D eigenvalue weighted by Gasteiger charge is 2.34. The zero-order chi connectivity index (χ0) is 32.0. The molecule has 9 nitrogen and oxygen atoms in total. The minimum Gasteiger partial charge on any atom is -0.493 e. The van der Waals surface area contributed by atoms with Gasteiger partial charge < -0.3 is 19.4 Å². The molecule has 236 valence electrons. The Balaban J connectivity index is 1.67. The highest BCUT2D eigenvalue weighted by atomic mass is 19.1. The van der Waals surface area contributed by atoms with Crippen LogP contribution in [0.3, 0.4) is 0 Å². The maximum atomic E-state index is 16.3. The lowest BCUT2D eigenvalue weighted by molar-refractivity contribution is -0.126. The summed E-state index contributed by atoms with van der Waals surface area (Å²) in [6, 6.07) is 5.24. The molecule has 6 rings (SSSR count). The summed E-state index contributed by atoms with van der Waals surface area (Å²) in [6.45, 7) is 11.1. The molecule has 45 heavy (non-hydrogen) atoms. The van der Waals surface area contributed by atoms with Gasteiger partial charge in [-0.05, 0) is 74.2 Å². The van der Waals surface area contributed by atoms with E-state index in [0.29, 0.717) is 44.5 Å². The van der Waals surface area contributed by atoms with Crippen molar-refractivity contribution in [2.24, 2.45) is 5.92 Å². The summed E-state index contributed by atoms with van der Waals surface area (Å²) in [5.74, 6) is -1.05. The highest BCUT2D eigenvalue weighted by molar-refractivity contribution is 5.92. The smallest absolute Gasteiger partial charge is 0.355 e. The number of allylic oxidation sites excluding steroid dienone is 2. The fraction of sp³-hybridized carbons (Fsp3) is 0.412. The van der Waals surface area contributed by atoms with Gasteiger partial charge in [-0.1, -0.05) is 26.5 Å². The lowest BCUT2D eigenvalue weighted by atomic mass is 9.91. The first-order valence-corrected chi connectivity index (χ1v) is 15.5. The first-order valence-electron chi connectivity index (χ1n) is 15.5. The Morgan fingerprint density at radius 1 is 1.16 bits per heavy atom. The van der Waals surface area contributed by atoms with E-state index in [-0.39, 0.29) is 52.4 Å². The van der Waals surface area contributed by atoms with Crippen LogP contribution in [0.15, 0.2) is 59.6 Å². The number of likely N-dealkylation sites (N-methyl/N-ethyl adjacent to an activating group) is 1. The first-order chi connectivity index (χ1) is 21.6. The number of rotatable bonds is 3. The Morgan fingerprint density at radius 3 is 2.69 bits per heavy atom. The fourth-order valence-electron chi connectivity index (χ4n) is 6.81. The summed E-state index contributed by atoms with van der Waals surface area (Å²) < 4.78 is 39.3. The summed E-state index contributed by atoms with van der Waals surface area (Å²) in [6.07, 6.45) is 7.41.